The summed E-state index contributed by atoms with van der Waals surface area (Å²) in [5.74, 6) is -0.310. The van der Waals surface area contributed by atoms with Gasteiger partial charge in [-0.2, -0.15) is 0 Å². The number of benzene rings is 2. The number of hydrogen-bond acceptors (Lipinski definition) is 5. The molecule has 0 fully saturated rings. The van der Waals surface area contributed by atoms with Gasteiger partial charge in [0, 0.05) is 16.5 Å². The molecule has 0 aliphatic heterocycles. The Labute approximate surface area is 174 Å². The predicted octanol–water partition coefficient (Wildman–Crippen LogP) is 4.72. The van der Waals surface area contributed by atoms with Gasteiger partial charge in [0.05, 0.1) is 5.69 Å². The molecule has 0 radical (unpaired) electrons. The number of nitrogens with zero attached hydrogens (tertiary/aromatic N) is 1. The Morgan fingerprint density at radius 1 is 1.14 bits per heavy atom. The fraction of sp³-hybridized carbons (Fsp3) is 0.261. The van der Waals surface area contributed by atoms with Crippen molar-refractivity contribution in [3.63, 3.8) is 0 Å². The zero-order valence-corrected chi connectivity index (χ0v) is 17.6. The molecule has 0 saturated carbocycles. The van der Waals surface area contributed by atoms with Crippen LogP contribution in [0, 0.1) is 6.92 Å². The second-order valence-corrected chi connectivity index (χ2v) is 7.99. The van der Waals surface area contributed by atoms with E-state index in [4.69, 9.17) is 4.74 Å². The molecular weight excluding hydrogens is 384 g/mol. The third-order valence-electron chi connectivity index (χ3n) is 4.43. The molecule has 5 nitrogen and oxygen atoms in total. The molecule has 1 amide bonds. The molecule has 3 rings (SSSR count). The Kier molecular flexibility index (Phi) is 6.77. The van der Waals surface area contributed by atoms with Crippen molar-refractivity contribution in [1.82, 2.24) is 10.3 Å². The molecule has 0 bridgehead atoms. The van der Waals surface area contributed by atoms with Gasteiger partial charge in [0.2, 0.25) is 0 Å². The van der Waals surface area contributed by atoms with Crippen molar-refractivity contribution in [2.75, 3.05) is 6.54 Å². The van der Waals surface area contributed by atoms with Crippen molar-refractivity contribution in [3.05, 3.63) is 76.3 Å². The van der Waals surface area contributed by atoms with E-state index in [1.165, 1.54) is 16.9 Å². The number of rotatable bonds is 7. The minimum atomic E-state index is -0.498. The molecule has 29 heavy (non-hydrogen) atoms. The third-order valence-corrected chi connectivity index (χ3v) is 5.37. The van der Waals surface area contributed by atoms with Crippen LogP contribution in [-0.4, -0.2) is 23.4 Å². The van der Waals surface area contributed by atoms with Crippen LogP contribution in [0.4, 0.5) is 0 Å². The van der Waals surface area contributed by atoms with Crippen LogP contribution in [0.5, 0.6) is 0 Å². The SMILES string of the molecule is Cc1cccc(C(=O)NCC(=O)OCc2csc(-c3ccc(C(C)C)cc3)n2)c1. The van der Waals surface area contributed by atoms with Crippen LogP contribution >= 0.6 is 11.3 Å². The minimum Gasteiger partial charge on any atom is -0.458 e. The van der Waals surface area contributed by atoms with Gasteiger partial charge in [0.15, 0.2) is 0 Å². The van der Waals surface area contributed by atoms with Crippen molar-refractivity contribution in [3.8, 4) is 10.6 Å². The van der Waals surface area contributed by atoms with E-state index >= 15 is 0 Å². The summed E-state index contributed by atoms with van der Waals surface area (Å²) in [6.07, 6.45) is 0. The van der Waals surface area contributed by atoms with E-state index in [1.54, 1.807) is 18.2 Å². The highest BCUT2D eigenvalue weighted by Gasteiger charge is 2.11. The van der Waals surface area contributed by atoms with Gasteiger partial charge in [-0.15, -0.1) is 11.3 Å². The number of ether oxygens (including phenoxy) is 1. The Balaban J connectivity index is 1.49. The number of amides is 1. The Bertz CT molecular complexity index is 993. The average Bonchev–Trinajstić information content (AvgIpc) is 3.19. The molecule has 1 aromatic heterocycles. The van der Waals surface area contributed by atoms with E-state index < -0.39 is 5.97 Å². The van der Waals surface area contributed by atoms with Gasteiger partial charge < -0.3 is 10.1 Å². The largest absolute Gasteiger partial charge is 0.458 e. The first-order valence-corrected chi connectivity index (χ1v) is 10.4. The molecule has 0 aliphatic rings. The smallest absolute Gasteiger partial charge is 0.325 e. The number of carbonyl (C=O) groups excluding carboxylic acids is 2. The molecule has 3 aromatic rings. The Hall–Kier alpha value is -2.99. The van der Waals surface area contributed by atoms with Crippen LogP contribution < -0.4 is 5.32 Å². The number of aromatic nitrogens is 1. The lowest BCUT2D eigenvalue weighted by Gasteiger charge is -2.06. The summed E-state index contributed by atoms with van der Waals surface area (Å²) in [5, 5.41) is 5.34. The predicted molar refractivity (Wildman–Crippen MR) is 115 cm³/mol. The number of nitrogens with one attached hydrogen (secondary N) is 1. The van der Waals surface area contributed by atoms with Crippen molar-refractivity contribution in [2.24, 2.45) is 0 Å². The molecular formula is C23H24N2O3S. The Morgan fingerprint density at radius 2 is 1.90 bits per heavy atom. The maximum absolute atomic E-state index is 12.1. The number of carbonyl (C=O) groups is 2. The van der Waals surface area contributed by atoms with E-state index in [0.29, 0.717) is 17.2 Å². The fourth-order valence-electron chi connectivity index (χ4n) is 2.76. The molecule has 0 atom stereocenters. The highest BCUT2D eigenvalue weighted by molar-refractivity contribution is 7.13. The van der Waals surface area contributed by atoms with Crippen LogP contribution in [-0.2, 0) is 16.1 Å². The van der Waals surface area contributed by atoms with Gasteiger partial charge in [-0.05, 0) is 30.5 Å². The minimum absolute atomic E-state index is 0.0831. The number of hydrogen-bond donors (Lipinski definition) is 1. The van der Waals surface area contributed by atoms with Crippen LogP contribution in [0.1, 0.15) is 46.9 Å². The first-order valence-electron chi connectivity index (χ1n) is 9.47. The number of thiazole rings is 1. The third kappa shape index (κ3) is 5.74. The summed E-state index contributed by atoms with van der Waals surface area (Å²) in [4.78, 5) is 28.5. The second-order valence-electron chi connectivity index (χ2n) is 7.13. The fourth-order valence-corrected chi connectivity index (χ4v) is 3.57. The van der Waals surface area contributed by atoms with Crippen LogP contribution in [0.25, 0.3) is 10.6 Å². The zero-order chi connectivity index (χ0) is 20.8. The maximum Gasteiger partial charge on any atom is 0.325 e. The Morgan fingerprint density at radius 3 is 2.59 bits per heavy atom. The lowest BCUT2D eigenvalue weighted by Crippen LogP contribution is -2.30. The van der Waals surface area contributed by atoms with Gasteiger partial charge in [-0.3, -0.25) is 9.59 Å². The summed E-state index contributed by atoms with van der Waals surface area (Å²) >= 11 is 1.51. The van der Waals surface area contributed by atoms with E-state index in [-0.39, 0.29) is 19.1 Å². The molecule has 0 aliphatic carbocycles. The second kappa shape index (κ2) is 9.47. The maximum atomic E-state index is 12.1. The van der Waals surface area contributed by atoms with Gasteiger partial charge >= 0.3 is 5.97 Å². The summed E-state index contributed by atoms with van der Waals surface area (Å²) in [6, 6.07) is 15.5. The van der Waals surface area contributed by atoms with Gasteiger partial charge in [0.1, 0.15) is 18.2 Å². The first-order chi connectivity index (χ1) is 13.9. The molecule has 2 aromatic carbocycles. The topological polar surface area (TPSA) is 68.3 Å². The van der Waals surface area contributed by atoms with Crippen molar-refractivity contribution in [2.45, 2.75) is 33.3 Å². The van der Waals surface area contributed by atoms with Crippen molar-refractivity contribution in [1.29, 1.82) is 0 Å². The van der Waals surface area contributed by atoms with Crippen molar-refractivity contribution < 1.29 is 14.3 Å². The zero-order valence-electron chi connectivity index (χ0n) is 16.8. The summed E-state index contributed by atoms with van der Waals surface area (Å²) in [6.45, 7) is 6.13. The van der Waals surface area contributed by atoms with E-state index in [0.717, 1.165) is 16.1 Å². The van der Waals surface area contributed by atoms with Gasteiger partial charge in [-0.1, -0.05) is 55.8 Å². The molecule has 0 unspecified atom stereocenters. The summed E-state index contributed by atoms with van der Waals surface area (Å²) in [5.41, 5.74) is 4.52. The van der Waals surface area contributed by atoms with E-state index in [2.05, 4.69) is 48.4 Å². The lowest BCUT2D eigenvalue weighted by atomic mass is 10.0. The molecule has 0 spiro atoms. The molecule has 150 valence electrons. The van der Waals surface area contributed by atoms with Crippen LogP contribution in [0.2, 0.25) is 0 Å². The summed E-state index contributed by atoms with van der Waals surface area (Å²) in [7, 11) is 0. The standard InChI is InChI=1S/C23H24N2O3S/c1-15(2)17-7-9-18(10-8-17)23-25-20(14-29-23)13-28-21(26)12-24-22(27)19-6-4-5-16(3)11-19/h4-11,14-15H,12-13H2,1-3H3,(H,24,27). The van der Waals surface area contributed by atoms with Crippen LogP contribution in [0.15, 0.2) is 53.9 Å². The highest BCUT2D eigenvalue weighted by atomic mass is 32.1. The quantitative estimate of drug-likeness (QED) is 0.575. The summed E-state index contributed by atoms with van der Waals surface area (Å²) < 4.78 is 5.23. The van der Waals surface area contributed by atoms with Crippen molar-refractivity contribution >= 4 is 23.2 Å². The number of esters is 1. The monoisotopic (exact) mass is 408 g/mol. The molecule has 0 saturated heterocycles. The average molecular weight is 409 g/mol. The van der Waals surface area contributed by atoms with E-state index in [9.17, 15) is 9.59 Å². The number of aryl methyl sites for hydroxylation is 1. The normalized spacial score (nSPS) is 10.8. The van der Waals surface area contributed by atoms with Gasteiger partial charge in [-0.25, -0.2) is 4.98 Å². The first kappa shape index (κ1) is 20.7. The highest BCUT2D eigenvalue weighted by Crippen LogP contribution is 2.26. The van der Waals surface area contributed by atoms with E-state index in [1.807, 2.05) is 18.4 Å². The lowest BCUT2D eigenvalue weighted by molar-refractivity contribution is -0.143. The van der Waals surface area contributed by atoms with Gasteiger partial charge in [0.25, 0.3) is 5.91 Å². The van der Waals surface area contributed by atoms with Crippen LogP contribution in [0.3, 0.4) is 0 Å². The molecule has 1 N–H and O–H groups in total. The molecule has 6 heteroatoms. The molecule has 1 heterocycles.